The summed E-state index contributed by atoms with van der Waals surface area (Å²) in [6.07, 6.45) is 5.03. The molecular formula is C11H22N2S. The van der Waals surface area contributed by atoms with Crippen molar-refractivity contribution in [3.05, 3.63) is 0 Å². The molecule has 2 aliphatic rings. The smallest absolute Gasteiger partial charge is 0.00685 e. The second kappa shape index (κ2) is 4.42. The lowest BCUT2D eigenvalue weighted by Crippen LogP contribution is -2.57. The molecule has 0 radical (unpaired) electrons. The zero-order valence-corrected chi connectivity index (χ0v) is 10.2. The van der Waals surface area contributed by atoms with Crippen molar-refractivity contribution >= 4 is 11.8 Å². The van der Waals surface area contributed by atoms with E-state index in [0.717, 1.165) is 5.25 Å². The van der Waals surface area contributed by atoms with Gasteiger partial charge in [0.2, 0.25) is 0 Å². The van der Waals surface area contributed by atoms with Crippen molar-refractivity contribution < 1.29 is 0 Å². The molecule has 2 rings (SSSR count). The van der Waals surface area contributed by atoms with Crippen LogP contribution >= 0.6 is 11.8 Å². The van der Waals surface area contributed by atoms with E-state index in [1.807, 2.05) is 11.8 Å². The summed E-state index contributed by atoms with van der Waals surface area (Å²) in [4.78, 5) is 2.66. The van der Waals surface area contributed by atoms with Gasteiger partial charge in [-0.1, -0.05) is 6.92 Å². The number of hydrogen-bond donors (Lipinski definition) is 1. The molecule has 0 atom stereocenters. The van der Waals surface area contributed by atoms with Gasteiger partial charge in [0, 0.05) is 30.3 Å². The van der Waals surface area contributed by atoms with E-state index < -0.39 is 0 Å². The first-order valence-corrected chi connectivity index (χ1v) is 6.96. The summed E-state index contributed by atoms with van der Waals surface area (Å²) in [6.45, 7) is 8.79. The average Bonchev–Trinajstić information content (AvgIpc) is 2.17. The molecule has 82 valence electrons. The Morgan fingerprint density at radius 3 is 2.43 bits per heavy atom. The Hall–Kier alpha value is 0.270. The summed E-state index contributed by atoms with van der Waals surface area (Å²) in [6, 6.07) is 0. The molecule has 0 unspecified atom stereocenters. The molecule has 0 aliphatic carbocycles. The fraction of sp³-hybridized carbons (Fsp3) is 1.00. The van der Waals surface area contributed by atoms with Gasteiger partial charge in [-0.2, -0.15) is 11.8 Å². The molecule has 2 nitrogen and oxygen atoms in total. The summed E-state index contributed by atoms with van der Waals surface area (Å²) in [5.41, 5.74) is 0.576. The number of likely N-dealkylation sites (tertiary alicyclic amines) is 1. The standard InChI is InChI=1S/C11H22N2S/c1-11(7-12-8-11)9-13-5-3-10(14-2)4-6-13/h10,12H,3-9H2,1-2H3. The van der Waals surface area contributed by atoms with E-state index in [4.69, 9.17) is 0 Å². The normalized spacial score (nSPS) is 28.7. The summed E-state index contributed by atoms with van der Waals surface area (Å²) >= 11 is 2.05. The van der Waals surface area contributed by atoms with E-state index in [-0.39, 0.29) is 0 Å². The zero-order chi connectivity index (χ0) is 10.0. The van der Waals surface area contributed by atoms with Crippen LogP contribution in [0.1, 0.15) is 19.8 Å². The maximum atomic E-state index is 3.38. The molecule has 0 bridgehead atoms. The van der Waals surface area contributed by atoms with E-state index in [2.05, 4.69) is 23.4 Å². The second-order valence-corrected chi connectivity index (χ2v) is 6.26. The van der Waals surface area contributed by atoms with Crippen LogP contribution in [0.4, 0.5) is 0 Å². The minimum absolute atomic E-state index is 0.576. The van der Waals surface area contributed by atoms with Crippen LogP contribution in [0.3, 0.4) is 0 Å². The molecule has 14 heavy (non-hydrogen) atoms. The Kier molecular flexibility index (Phi) is 3.40. The molecule has 0 spiro atoms. The molecule has 2 fully saturated rings. The topological polar surface area (TPSA) is 15.3 Å². The molecule has 0 aromatic heterocycles. The molecule has 0 aromatic carbocycles. The Morgan fingerprint density at radius 2 is 2.00 bits per heavy atom. The summed E-state index contributed by atoms with van der Waals surface area (Å²) < 4.78 is 0. The highest BCUT2D eigenvalue weighted by Gasteiger charge is 2.34. The Balaban J connectivity index is 1.73. The quantitative estimate of drug-likeness (QED) is 0.765. The first-order chi connectivity index (χ1) is 6.72. The van der Waals surface area contributed by atoms with Crippen LogP contribution in [0, 0.1) is 5.41 Å². The highest BCUT2D eigenvalue weighted by atomic mass is 32.2. The van der Waals surface area contributed by atoms with Crippen LogP contribution in [0.2, 0.25) is 0 Å². The third-order valence-corrected chi connectivity index (χ3v) is 4.71. The monoisotopic (exact) mass is 214 g/mol. The van der Waals surface area contributed by atoms with E-state index in [0.29, 0.717) is 5.41 Å². The Labute approximate surface area is 91.8 Å². The molecule has 3 heteroatoms. The number of piperidine rings is 1. The van der Waals surface area contributed by atoms with Crippen molar-refractivity contribution in [2.75, 3.05) is 39.0 Å². The molecule has 2 saturated heterocycles. The van der Waals surface area contributed by atoms with Crippen LogP contribution in [-0.2, 0) is 0 Å². The first-order valence-electron chi connectivity index (χ1n) is 5.68. The van der Waals surface area contributed by atoms with Crippen LogP contribution < -0.4 is 5.32 Å². The number of nitrogens with zero attached hydrogens (tertiary/aromatic N) is 1. The summed E-state index contributed by atoms with van der Waals surface area (Å²) in [7, 11) is 0. The van der Waals surface area contributed by atoms with Gasteiger partial charge in [-0.3, -0.25) is 0 Å². The van der Waals surface area contributed by atoms with Gasteiger partial charge in [0.15, 0.2) is 0 Å². The van der Waals surface area contributed by atoms with Gasteiger partial charge in [0.1, 0.15) is 0 Å². The van der Waals surface area contributed by atoms with Gasteiger partial charge in [-0.25, -0.2) is 0 Å². The van der Waals surface area contributed by atoms with Crippen molar-refractivity contribution in [1.82, 2.24) is 10.2 Å². The molecule has 2 heterocycles. The third kappa shape index (κ3) is 2.44. The molecular weight excluding hydrogens is 192 g/mol. The maximum Gasteiger partial charge on any atom is 0.00685 e. The van der Waals surface area contributed by atoms with E-state index >= 15 is 0 Å². The van der Waals surface area contributed by atoms with Gasteiger partial charge in [0.05, 0.1) is 0 Å². The number of rotatable bonds is 3. The maximum absolute atomic E-state index is 3.38. The predicted octanol–water partition coefficient (Wildman–Crippen LogP) is 1.42. The van der Waals surface area contributed by atoms with Gasteiger partial charge < -0.3 is 10.2 Å². The Morgan fingerprint density at radius 1 is 1.36 bits per heavy atom. The van der Waals surface area contributed by atoms with Crippen molar-refractivity contribution in [2.24, 2.45) is 5.41 Å². The molecule has 0 amide bonds. The van der Waals surface area contributed by atoms with Gasteiger partial charge in [0.25, 0.3) is 0 Å². The Bertz CT molecular complexity index is 184. The molecule has 0 aromatic rings. The number of thioether (sulfide) groups is 1. The van der Waals surface area contributed by atoms with E-state index in [9.17, 15) is 0 Å². The van der Waals surface area contributed by atoms with Gasteiger partial charge >= 0.3 is 0 Å². The van der Waals surface area contributed by atoms with E-state index in [1.165, 1.54) is 45.6 Å². The van der Waals surface area contributed by atoms with Crippen molar-refractivity contribution in [1.29, 1.82) is 0 Å². The van der Waals surface area contributed by atoms with Crippen LogP contribution in [-0.4, -0.2) is 49.1 Å². The van der Waals surface area contributed by atoms with Crippen molar-refractivity contribution in [3.8, 4) is 0 Å². The molecule has 0 saturated carbocycles. The highest BCUT2D eigenvalue weighted by molar-refractivity contribution is 7.99. The van der Waals surface area contributed by atoms with Gasteiger partial charge in [-0.15, -0.1) is 0 Å². The fourth-order valence-electron chi connectivity index (χ4n) is 2.51. The number of hydrogen-bond acceptors (Lipinski definition) is 3. The van der Waals surface area contributed by atoms with Gasteiger partial charge in [-0.05, 0) is 32.2 Å². The SMILES string of the molecule is CSC1CCN(CC2(C)CNC2)CC1. The van der Waals surface area contributed by atoms with Crippen LogP contribution in [0.15, 0.2) is 0 Å². The van der Waals surface area contributed by atoms with Crippen LogP contribution in [0.5, 0.6) is 0 Å². The summed E-state index contributed by atoms with van der Waals surface area (Å²) in [5.74, 6) is 0. The summed E-state index contributed by atoms with van der Waals surface area (Å²) in [5, 5.41) is 4.31. The van der Waals surface area contributed by atoms with Crippen LogP contribution in [0.25, 0.3) is 0 Å². The average molecular weight is 214 g/mol. The fourth-order valence-corrected chi connectivity index (χ4v) is 3.19. The molecule has 1 N–H and O–H groups in total. The largest absolute Gasteiger partial charge is 0.315 e. The van der Waals surface area contributed by atoms with Crippen molar-refractivity contribution in [3.63, 3.8) is 0 Å². The molecule has 2 aliphatic heterocycles. The first kappa shape index (κ1) is 10.8. The number of nitrogens with one attached hydrogen (secondary N) is 1. The van der Waals surface area contributed by atoms with Crippen molar-refractivity contribution in [2.45, 2.75) is 25.0 Å². The lowest BCUT2D eigenvalue weighted by molar-refractivity contribution is 0.0962. The zero-order valence-electron chi connectivity index (χ0n) is 9.38. The lowest BCUT2D eigenvalue weighted by Gasteiger charge is -2.44. The predicted molar refractivity (Wildman–Crippen MR) is 64.0 cm³/mol. The minimum Gasteiger partial charge on any atom is -0.315 e. The second-order valence-electron chi connectivity index (χ2n) is 5.13. The minimum atomic E-state index is 0.576. The highest BCUT2D eigenvalue weighted by Crippen LogP contribution is 2.26. The van der Waals surface area contributed by atoms with E-state index in [1.54, 1.807) is 0 Å². The lowest BCUT2D eigenvalue weighted by atomic mass is 9.83. The third-order valence-electron chi connectivity index (χ3n) is 3.58.